The normalized spacial score (nSPS) is 19.0. The summed E-state index contributed by atoms with van der Waals surface area (Å²) >= 11 is 2.22. The minimum absolute atomic E-state index is 0.0230. The van der Waals surface area contributed by atoms with Crippen molar-refractivity contribution in [2.75, 3.05) is 15.9 Å². The maximum Gasteiger partial charge on any atom is 0.410 e. The third kappa shape index (κ3) is 6.76. The zero-order valence-corrected chi connectivity index (χ0v) is 28.3. The highest BCUT2D eigenvalue weighted by molar-refractivity contribution is 14.1. The first kappa shape index (κ1) is 32.9. The number of aliphatic hydroxyl groups excluding tert-OH is 1. The molecule has 1 unspecified atom stereocenters. The molecular formula is C33H39IN2O6S. The predicted molar refractivity (Wildman–Crippen MR) is 177 cm³/mol. The second kappa shape index (κ2) is 12.6. The van der Waals surface area contributed by atoms with Crippen molar-refractivity contribution in [3.8, 4) is 11.1 Å². The van der Waals surface area contributed by atoms with Crippen LogP contribution < -0.4 is 3.11 Å². The number of amides is 1. The number of nitrogens with zero attached hydrogens (tertiary/aromatic N) is 2. The molecule has 1 aliphatic rings. The second-order valence-electron chi connectivity index (χ2n) is 12.4. The van der Waals surface area contributed by atoms with Crippen molar-refractivity contribution in [2.24, 2.45) is 5.92 Å². The number of rotatable bonds is 8. The summed E-state index contributed by atoms with van der Waals surface area (Å²) in [5.41, 5.74) is 2.70. The molecule has 1 aliphatic heterocycles. The van der Waals surface area contributed by atoms with Crippen LogP contribution in [0.5, 0.6) is 0 Å². The van der Waals surface area contributed by atoms with Gasteiger partial charge in [-0.05, 0) is 79.6 Å². The van der Waals surface area contributed by atoms with Gasteiger partial charge >= 0.3 is 6.09 Å². The zero-order valence-electron chi connectivity index (χ0n) is 25.4. The molecule has 3 aromatic carbocycles. The van der Waals surface area contributed by atoms with Crippen LogP contribution in [0.15, 0.2) is 71.6 Å². The highest BCUT2D eigenvalue weighted by atomic mass is 127. The Balaban J connectivity index is 1.77. The molecule has 10 heteroatoms. The van der Waals surface area contributed by atoms with Gasteiger partial charge in [-0.3, -0.25) is 3.11 Å². The summed E-state index contributed by atoms with van der Waals surface area (Å²) < 4.78 is 32.5. The molecule has 4 rings (SSSR count). The standard InChI is InChI=1S/C33H39IN2O6S/c1-22(2)30-33(21-38,16-17-35(30)31(39)42-32(3,4)5)27-12-7-8-13-28(27)36(34)26-11-9-10-23(18-26)24-14-15-25(20-37)29(19-24)43(6,40)41/h7-15,18-19,21-22,30,37H,16-17,20H2,1-6H3/t30?,33-/m0/s1. The molecule has 230 valence electrons. The first-order valence-electron chi connectivity index (χ1n) is 14.2. The third-order valence-electron chi connectivity index (χ3n) is 7.76. The molecule has 0 aliphatic carbocycles. The second-order valence-corrected chi connectivity index (χ2v) is 15.3. The Labute approximate surface area is 268 Å². The topological polar surface area (TPSA) is 104 Å². The largest absolute Gasteiger partial charge is 0.444 e. The Kier molecular flexibility index (Phi) is 9.63. The van der Waals surface area contributed by atoms with Gasteiger partial charge in [0.25, 0.3) is 0 Å². The maximum atomic E-state index is 13.3. The Hall–Kier alpha value is -2.96. The minimum Gasteiger partial charge on any atom is -0.444 e. The summed E-state index contributed by atoms with van der Waals surface area (Å²) in [6.07, 6.45) is 2.17. The van der Waals surface area contributed by atoms with Crippen molar-refractivity contribution in [1.29, 1.82) is 0 Å². The van der Waals surface area contributed by atoms with E-state index in [1.807, 2.05) is 86.3 Å². The maximum absolute atomic E-state index is 13.3. The van der Waals surface area contributed by atoms with E-state index in [0.717, 1.165) is 35.0 Å². The number of ether oxygens (including phenoxy) is 1. The summed E-state index contributed by atoms with van der Waals surface area (Å²) in [6.45, 7) is 9.56. The Morgan fingerprint density at radius 1 is 1.12 bits per heavy atom. The molecule has 1 saturated heterocycles. The van der Waals surface area contributed by atoms with E-state index < -0.39 is 33.0 Å². The van der Waals surface area contributed by atoms with Crippen molar-refractivity contribution in [3.05, 3.63) is 77.9 Å². The first-order chi connectivity index (χ1) is 20.1. The monoisotopic (exact) mass is 718 g/mol. The molecule has 0 spiro atoms. The van der Waals surface area contributed by atoms with Crippen LogP contribution in [0.1, 0.15) is 52.2 Å². The molecule has 3 aromatic rings. The number of carbonyl (C=O) groups excluding carboxylic acids is 2. The number of benzene rings is 3. The van der Waals surface area contributed by atoms with Gasteiger partial charge < -0.3 is 19.5 Å². The molecule has 0 aromatic heterocycles. The number of hydrogen-bond acceptors (Lipinski definition) is 7. The van der Waals surface area contributed by atoms with E-state index in [2.05, 4.69) is 22.9 Å². The number of para-hydroxylation sites is 1. The summed E-state index contributed by atoms with van der Waals surface area (Å²) in [6, 6.07) is 20.1. The SMILES string of the molecule is CC(C)C1N(C(=O)OC(C)(C)C)CC[C@]1(C=O)c1ccccc1N(I)c1cccc(-c2ccc(CO)c(S(C)(=O)=O)c2)c1. The molecule has 8 nitrogen and oxygen atoms in total. The number of halogens is 1. The lowest BCUT2D eigenvalue weighted by Crippen LogP contribution is -2.50. The average Bonchev–Trinajstić information content (AvgIpc) is 3.36. The molecule has 0 bridgehead atoms. The molecule has 1 N–H and O–H groups in total. The molecule has 43 heavy (non-hydrogen) atoms. The zero-order chi connectivity index (χ0) is 31.7. The van der Waals surface area contributed by atoms with E-state index in [0.29, 0.717) is 24.1 Å². The molecule has 1 amide bonds. The number of aliphatic hydroxyl groups is 1. The van der Waals surface area contributed by atoms with Gasteiger partial charge in [-0.25, -0.2) is 13.2 Å². The van der Waals surface area contributed by atoms with E-state index in [9.17, 15) is 23.1 Å². The Morgan fingerprint density at radius 2 is 1.79 bits per heavy atom. The average molecular weight is 719 g/mol. The van der Waals surface area contributed by atoms with E-state index >= 15 is 0 Å². The van der Waals surface area contributed by atoms with Gasteiger partial charge in [0.2, 0.25) is 0 Å². The van der Waals surface area contributed by atoms with E-state index in [4.69, 9.17) is 4.74 Å². The minimum atomic E-state index is -3.55. The fraction of sp³-hybridized carbons (Fsp3) is 0.394. The van der Waals surface area contributed by atoms with Gasteiger partial charge in [-0.2, -0.15) is 0 Å². The molecule has 0 radical (unpaired) electrons. The lowest BCUT2D eigenvalue weighted by atomic mass is 9.71. The van der Waals surface area contributed by atoms with Gasteiger partial charge in [-0.1, -0.05) is 56.3 Å². The van der Waals surface area contributed by atoms with Crippen LogP contribution in [0.25, 0.3) is 11.1 Å². The number of hydrogen-bond donors (Lipinski definition) is 1. The van der Waals surface area contributed by atoms with Crippen molar-refractivity contribution in [3.63, 3.8) is 0 Å². The molecular weight excluding hydrogens is 679 g/mol. The van der Waals surface area contributed by atoms with Crippen LogP contribution in [0.4, 0.5) is 16.2 Å². The summed E-state index contributed by atoms with van der Waals surface area (Å²) in [5.74, 6) is -0.0230. The van der Waals surface area contributed by atoms with Gasteiger partial charge in [0, 0.05) is 12.8 Å². The van der Waals surface area contributed by atoms with Crippen molar-refractivity contribution < 1.29 is 27.9 Å². The van der Waals surface area contributed by atoms with Crippen LogP contribution in [-0.2, 0) is 31.4 Å². The molecule has 1 fully saturated rings. The van der Waals surface area contributed by atoms with Crippen LogP contribution in [0, 0.1) is 5.92 Å². The summed E-state index contributed by atoms with van der Waals surface area (Å²) in [4.78, 5) is 28.2. The number of anilines is 2. The number of sulfone groups is 1. The van der Waals surface area contributed by atoms with Crippen molar-refractivity contribution in [1.82, 2.24) is 4.90 Å². The van der Waals surface area contributed by atoms with Crippen LogP contribution in [-0.4, -0.2) is 55.2 Å². The smallest absolute Gasteiger partial charge is 0.410 e. The fourth-order valence-corrected chi connectivity index (χ4v) is 7.70. The molecule has 2 atom stereocenters. The van der Waals surface area contributed by atoms with Crippen LogP contribution in [0.2, 0.25) is 0 Å². The van der Waals surface area contributed by atoms with Crippen molar-refractivity contribution in [2.45, 2.75) is 69.6 Å². The Morgan fingerprint density at radius 3 is 2.40 bits per heavy atom. The highest BCUT2D eigenvalue weighted by Gasteiger charge is 2.53. The van der Waals surface area contributed by atoms with E-state index in [-0.39, 0.29) is 17.4 Å². The van der Waals surface area contributed by atoms with Crippen LogP contribution in [0.3, 0.4) is 0 Å². The number of likely N-dealkylation sites (tertiary alicyclic amines) is 1. The predicted octanol–water partition coefficient (Wildman–Crippen LogP) is 6.84. The lowest BCUT2D eigenvalue weighted by Gasteiger charge is -2.39. The Bertz CT molecular complexity index is 1620. The fourth-order valence-electron chi connectivity index (χ4n) is 6.03. The third-order valence-corrected chi connectivity index (χ3v) is 10.0. The molecule has 1 heterocycles. The number of aldehydes is 1. The number of carbonyl (C=O) groups is 2. The quantitative estimate of drug-likeness (QED) is 0.155. The lowest BCUT2D eigenvalue weighted by molar-refractivity contribution is -0.113. The highest BCUT2D eigenvalue weighted by Crippen LogP contribution is 2.48. The van der Waals surface area contributed by atoms with Gasteiger partial charge in [0.05, 0.1) is 57.2 Å². The molecule has 0 saturated carbocycles. The van der Waals surface area contributed by atoms with Crippen LogP contribution >= 0.6 is 22.9 Å². The van der Waals surface area contributed by atoms with Gasteiger partial charge in [0.1, 0.15) is 11.9 Å². The van der Waals surface area contributed by atoms with E-state index in [1.165, 1.54) is 0 Å². The van der Waals surface area contributed by atoms with E-state index in [1.54, 1.807) is 23.1 Å². The van der Waals surface area contributed by atoms with Crippen molar-refractivity contribution >= 4 is 56.5 Å². The summed E-state index contributed by atoms with van der Waals surface area (Å²) in [7, 11) is -3.55. The van der Waals surface area contributed by atoms with Gasteiger partial charge in [0.15, 0.2) is 9.84 Å². The van der Waals surface area contributed by atoms with Gasteiger partial charge in [-0.15, -0.1) is 0 Å². The first-order valence-corrected chi connectivity index (χ1v) is 17.0. The summed E-state index contributed by atoms with van der Waals surface area (Å²) in [5, 5.41) is 9.67.